The summed E-state index contributed by atoms with van der Waals surface area (Å²) in [6.45, 7) is 5.59. The lowest BCUT2D eigenvalue weighted by atomic mass is 10.1. The van der Waals surface area contributed by atoms with Crippen LogP contribution in [0.1, 0.15) is 18.1 Å². The quantitative estimate of drug-likeness (QED) is 0.762. The standard InChI is InChI=1S/C13H16N2O/c1-9-5-6-12(10(2)7-9)15(4)13(16)11(3)8-14/h5-7,11H,1-4H3. The van der Waals surface area contributed by atoms with Gasteiger partial charge in [0.05, 0.1) is 6.07 Å². The van der Waals surface area contributed by atoms with Crippen LogP contribution in [0.5, 0.6) is 0 Å². The van der Waals surface area contributed by atoms with Crippen LogP contribution in [-0.4, -0.2) is 13.0 Å². The number of amides is 1. The average molecular weight is 216 g/mol. The van der Waals surface area contributed by atoms with E-state index in [1.165, 1.54) is 0 Å². The molecule has 0 heterocycles. The Morgan fingerprint density at radius 2 is 2.06 bits per heavy atom. The van der Waals surface area contributed by atoms with Gasteiger partial charge in [0, 0.05) is 12.7 Å². The number of hydrogen-bond acceptors (Lipinski definition) is 2. The van der Waals surface area contributed by atoms with Crippen LogP contribution >= 0.6 is 0 Å². The van der Waals surface area contributed by atoms with E-state index in [0.29, 0.717) is 0 Å². The Labute approximate surface area is 96.3 Å². The van der Waals surface area contributed by atoms with E-state index in [4.69, 9.17) is 5.26 Å². The second kappa shape index (κ2) is 4.80. The van der Waals surface area contributed by atoms with Gasteiger partial charge in [-0.2, -0.15) is 5.26 Å². The van der Waals surface area contributed by atoms with Crippen molar-refractivity contribution in [2.45, 2.75) is 20.8 Å². The largest absolute Gasteiger partial charge is 0.314 e. The third-order valence-corrected chi connectivity index (χ3v) is 2.61. The fourth-order valence-electron chi connectivity index (χ4n) is 1.65. The number of anilines is 1. The van der Waals surface area contributed by atoms with Crippen LogP contribution in [0.4, 0.5) is 5.69 Å². The van der Waals surface area contributed by atoms with E-state index in [9.17, 15) is 4.79 Å². The third kappa shape index (κ3) is 2.40. The molecule has 0 aromatic heterocycles. The van der Waals surface area contributed by atoms with Crippen LogP contribution in [0.25, 0.3) is 0 Å². The molecule has 1 unspecified atom stereocenters. The highest BCUT2D eigenvalue weighted by atomic mass is 16.2. The molecule has 0 saturated carbocycles. The molecule has 0 radical (unpaired) electrons. The molecule has 1 aromatic carbocycles. The van der Waals surface area contributed by atoms with Gasteiger partial charge in [-0.15, -0.1) is 0 Å². The van der Waals surface area contributed by atoms with Crippen molar-refractivity contribution in [3.8, 4) is 6.07 Å². The first-order chi connectivity index (χ1) is 7.47. The first-order valence-electron chi connectivity index (χ1n) is 5.21. The van der Waals surface area contributed by atoms with Crippen molar-refractivity contribution in [3.63, 3.8) is 0 Å². The van der Waals surface area contributed by atoms with Gasteiger partial charge in [-0.1, -0.05) is 17.7 Å². The summed E-state index contributed by atoms with van der Waals surface area (Å²) in [6.07, 6.45) is 0. The van der Waals surface area contributed by atoms with Gasteiger partial charge in [0.15, 0.2) is 0 Å². The van der Waals surface area contributed by atoms with Crippen LogP contribution in [-0.2, 0) is 4.79 Å². The molecule has 0 fully saturated rings. The molecule has 0 aliphatic carbocycles. The number of nitriles is 1. The summed E-state index contributed by atoms with van der Waals surface area (Å²) in [4.78, 5) is 13.4. The van der Waals surface area contributed by atoms with Crippen molar-refractivity contribution in [2.24, 2.45) is 5.92 Å². The van der Waals surface area contributed by atoms with Gasteiger partial charge >= 0.3 is 0 Å². The molecular weight excluding hydrogens is 200 g/mol. The predicted molar refractivity (Wildman–Crippen MR) is 64.1 cm³/mol. The number of benzene rings is 1. The maximum absolute atomic E-state index is 11.8. The molecule has 3 nitrogen and oxygen atoms in total. The molecule has 0 aliphatic rings. The van der Waals surface area contributed by atoms with Crippen LogP contribution in [0.3, 0.4) is 0 Å². The third-order valence-electron chi connectivity index (χ3n) is 2.61. The summed E-state index contributed by atoms with van der Waals surface area (Å²) in [6, 6.07) is 7.85. The highest BCUT2D eigenvalue weighted by Gasteiger charge is 2.19. The molecule has 3 heteroatoms. The average Bonchev–Trinajstić information content (AvgIpc) is 2.26. The van der Waals surface area contributed by atoms with Crippen LogP contribution in [0, 0.1) is 31.1 Å². The number of aryl methyl sites for hydroxylation is 2. The van der Waals surface area contributed by atoms with Crippen molar-refractivity contribution in [2.75, 3.05) is 11.9 Å². The first-order valence-corrected chi connectivity index (χ1v) is 5.21. The summed E-state index contributed by atoms with van der Waals surface area (Å²) in [5.41, 5.74) is 3.06. The fourth-order valence-corrected chi connectivity index (χ4v) is 1.65. The minimum absolute atomic E-state index is 0.172. The van der Waals surface area contributed by atoms with Crippen molar-refractivity contribution in [1.82, 2.24) is 0 Å². The lowest BCUT2D eigenvalue weighted by Crippen LogP contribution is -2.31. The van der Waals surface area contributed by atoms with Crippen LogP contribution in [0.15, 0.2) is 18.2 Å². The Morgan fingerprint density at radius 3 is 2.56 bits per heavy atom. The molecule has 84 valence electrons. The molecule has 1 aromatic rings. The van der Waals surface area contributed by atoms with Crippen molar-refractivity contribution < 1.29 is 4.79 Å². The number of rotatable bonds is 2. The summed E-state index contributed by atoms with van der Waals surface area (Å²) < 4.78 is 0. The molecule has 0 N–H and O–H groups in total. The molecule has 0 spiro atoms. The Morgan fingerprint density at radius 1 is 1.44 bits per heavy atom. The maximum atomic E-state index is 11.8. The normalized spacial score (nSPS) is 11.7. The molecule has 1 rings (SSSR count). The molecule has 0 bridgehead atoms. The lowest BCUT2D eigenvalue weighted by Gasteiger charge is -2.20. The highest BCUT2D eigenvalue weighted by Crippen LogP contribution is 2.21. The fraction of sp³-hybridized carbons (Fsp3) is 0.385. The number of hydrogen-bond donors (Lipinski definition) is 0. The molecule has 1 atom stereocenters. The Bertz CT molecular complexity index is 446. The summed E-state index contributed by atoms with van der Waals surface area (Å²) in [5.74, 6) is -0.778. The number of carbonyl (C=O) groups excluding carboxylic acids is 1. The number of nitrogens with zero attached hydrogens (tertiary/aromatic N) is 2. The molecule has 1 amide bonds. The maximum Gasteiger partial charge on any atom is 0.243 e. The van der Waals surface area contributed by atoms with Crippen molar-refractivity contribution >= 4 is 11.6 Å². The monoisotopic (exact) mass is 216 g/mol. The minimum Gasteiger partial charge on any atom is -0.314 e. The second-order valence-corrected chi connectivity index (χ2v) is 4.04. The second-order valence-electron chi connectivity index (χ2n) is 4.04. The van der Waals surface area contributed by atoms with Crippen LogP contribution < -0.4 is 4.90 Å². The zero-order valence-electron chi connectivity index (χ0n) is 10.1. The van der Waals surface area contributed by atoms with E-state index in [0.717, 1.165) is 16.8 Å². The predicted octanol–water partition coefficient (Wildman–Crippen LogP) is 2.43. The Kier molecular flexibility index (Phi) is 3.68. The van der Waals surface area contributed by atoms with Crippen molar-refractivity contribution in [3.05, 3.63) is 29.3 Å². The van der Waals surface area contributed by atoms with E-state index in [-0.39, 0.29) is 5.91 Å². The number of carbonyl (C=O) groups is 1. The van der Waals surface area contributed by atoms with Gasteiger partial charge < -0.3 is 4.90 Å². The SMILES string of the molecule is Cc1ccc(N(C)C(=O)C(C)C#N)c(C)c1. The molecule has 0 aliphatic heterocycles. The van der Waals surface area contributed by atoms with E-state index < -0.39 is 5.92 Å². The molecular formula is C13H16N2O. The smallest absolute Gasteiger partial charge is 0.243 e. The van der Waals surface area contributed by atoms with Gasteiger partial charge in [0.25, 0.3) is 0 Å². The Hall–Kier alpha value is -1.82. The molecule has 16 heavy (non-hydrogen) atoms. The molecule has 0 saturated heterocycles. The van der Waals surface area contributed by atoms with Gasteiger partial charge in [-0.3, -0.25) is 4.79 Å². The summed E-state index contributed by atoms with van der Waals surface area (Å²) in [7, 11) is 1.70. The zero-order chi connectivity index (χ0) is 12.3. The minimum atomic E-state index is -0.606. The van der Waals surface area contributed by atoms with E-state index in [2.05, 4.69) is 0 Å². The van der Waals surface area contributed by atoms with E-state index in [1.807, 2.05) is 38.1 Å². The van der Waals surface area contributed by atoms with E-state index in [1.54, 1.807) is 18.9 Å². The van der Waals surface area contributed by atoms with Crippen LogP contribution in [0.2, 0.25) is 0 Å². The summed E-state index contributed by atoms with van der Waals surface area (Å²) >= 11 is 0. The summed E-state index contributed by atoms with van der Waals surface area (Å²) in [5, 5.41) is 8.72. The Balaban J connectivity index is 3.02. The van der Waals surface area contributed by atoms with Gasteiger partial charge in [0.2, 0.25) is 5.91 Å². The van der Waals surface area contributed by atoms with E-state index >= 15 is 0 Å². The zero-order valence-corrected chi connectivity index (χ0v) is 10.1. The lowest BCUT2D eigenvalue weighted by molar-refractivity contribution is -0.120. The topological polar surface area (TPSA) is 44.1 Å². The van der Waals surface area contributed by atoms with Gasteiger partial charge in [0.1, 0.15) is 5.92 Å². The highest BCUT2D eigenvalue weighted by molar-refractivity contribution is 5.96. The van der Waals surface area contributed by atoms with Gasteiger partial charge in [-0.25, -0.2) is 0 Å². The van der Waals surface area contributed by atoms with Crippen molar-refractivity contribution in [1.29, 1.82) is 5.26 Å². The first kappa shape index (κ1) is 12.3. The van der Waals surface area contributed by atoms with Gasteiger partial charge in [-0.05, 0) is 32.4 Å².